The standard InChI is InChI=1S/C22H22N2/c1-3-16-12-15(13-23)8-9-17(16)22-19-6-4-5-18(19)20-11-14(2)7-10-21(20)24-22/h4-5,7-12,18-19,22,24H,3,6H2,1-2H3/t18-,19+,22?/m1/s1. The normalized spacial score (nSPS) is 24.0. The van der Waals surface area contributed by atoms with Crippen LogP contribution in [-0.2, 0) is 6.42 Å². The Morgan fingerprint density at radius 3 is 2.83 bits per heavy atom. The van der Waals surface area contributed by atoms with Gasteiger partial charge in [0.05, 0.1) is 17.7 Å². The van der Waals surface area contributed by atoms with E-state index in [9.17, 15) is 5.26 Å². The van der Waals surface area contributed by atoms with Gasteiger partial charge in [-0.2, -0.15) is 5.26 Å². The predicted octanol–water partition coefficient (Wildman–Crippen LogP) is 5.26. The molecule has 0 spiro atoms. The minimum absolute atomic E-state index is 0.308. The largest absolute Gasteiger partial charge is 0.378 e. The van der Waals surface area contributed by atoms with Gasteiger partial charge in [0.25, 0.3) is 0 Å². The third-order valence-corrected chi connectivity index (χ3v) is 5.51. The monoisotopic (exact) mass is 314 g/mol. The van der Waals surface area contributed by atoms with E-state index in [1.165, 1.54) is 27.9 Å². The van der Waals surface area contributed by atoms with E-state index in [-0.39, 0.29) is 0 Å². The van der Waals surface area contributed by atoms with Crippen molar-refractivity contribution in [3.05, 3.63) is 76.4 Å². The van der Waals surface area contributed by atoms with E-state index in [0.717, 1.165) is 18.4 Å². The Morgan fingerprint density at radius 1 is 1.17 bits per heavy atom. The molecule has 0 saturated carbocycles. The van der Waals surface area contributed by atoms with Crippen LogP contribution < -0.4 is 5.32 Å². The van der Waals surface area contributed by atoms with Crippen molar-refractivity contribution in [3.63, 3.8) is 0 Å². The van der Waals surface area contributed by atoms with Gasteiger partial charge < -0.3 is 5.32 Å². The highest BCUT2D eigenvalue weighted by Crippen LogP contribution is 2.50. The maximum Gasteiger partial charge on any atom is 0.0991 e. The molecular weight excluding hydrogens is 292 g/mol. The topological polar surface area (TPSA) is 35.8 Å². The van der Waals surface area contributed by atoms with Gasteiger partial charge in [0.1, 0.15) is 0 Å². The van der Waals surface area contributed by atoms with Crippen LogP contribution in [0.1, 0.15) is 53.1 Å². The fourth-order valence-corrected chi connectivity index (χ4v) is 4.31. The molecule has 0 fully saturated rings. The van der Waals surface area contributed by atoms with Crippen molar-refractivity contribution in [2.24, 2.45) is 5.92 Å². The summed E-state index contributed by atoms with van der Waals surface area (Å²) in [6.45, 7) is 4.33. The van der Waals surface area contributed by atoms with Crippen LogP contribution in [0.4, 0.5) is 5.69 Å². The summed E-state index contributed by atoms with van der Waals surface area (Å²) in [7, 11) is 0. The molecule has 2 nitrogen and oxygen atoms in total. The summed E-state index contributed by atoms with van der Waals surface area (Å²) in [5.41, 5.74) is 7.39. The Hall–Kier alpha value is -2.53. The number of benzene rings is 2. The maximum absolute atomic E-state index is 9.19. The smallest absolute Gasteiger partial charge is 0.0991 e. The molecule has 1 aliphatic carbocycles. The van der Waals surface area contributed by atoms with Gasteiger partial charge in [-0.1, -0.05) is 42.8 Å². The first-order chi connectivity index (χ1) is 11.7. The van der Waals surface area contributed by atoms with Gasteiger partial charge in [-0.25, -0.2) is 0 Å². The van der Waals surface area contributed by atoms with Gasteiger partial charge in [-0.05, 0) is 60.6 Å². The van der Waals surface area contributed by atoms with Gasteiger partial charge in [0.2, 0.25) is 0 Å². The highest BCUT2D eigenvalue weighted by atomic mass is 15.0. The first kappa shape index (κ1) is 15.0. The lowest BCUT2D eigenvalue weighted by Gasteiger charge is -2.38. The van der Waals surface area contributed by atoms with E-state index in [4.69, 9.17) is 0 Å². The number of hydrogen-bond donors (Lipinski definition) is 1. The van der Waals surface area contributed by atoms with Gasteiger partial charge in [0, 0.05) is 11.6 Å². The molecule has 120 valence electrons. The molecular formula is C22H22N2. The van der Waals surface area contributed by atoms with Crippen LogP contribution in [0.5, 0.6) is 0 Å². The number of nitrogens with one attached hydrogen (secondary N) is 1. The van der Waals surface area contributed by atoms with E-state index in [1.54, 1.807) is 0 Å². The molecule has 0 saturated heterocycles. The van der Waals surface area contributed by atoms with Gasteiger partial charge in [0.15, 0.2) is 0 Å². The predicted molar refractivity (Wildman–Crippen MR) is 98.1 cm³/mol. The summed E-state index contributed by atoms with van der Waals surface area (Å²) in [4.78, 5) is 0. The molecule has 3 atom stereocenters. The molecule has 1 N–H and O–H groups in total. The molecule has 0 radical (unpaired) electrons. The molecule has 2 heteroatoms. The number of rotatable bonds is 2. The number of fused-ring (bicyclic) bond motifs is 3. The van der Waals surface area contributed by atoms with Crippen LogP contribution in [0.3, 0.4) is 0 Å². The Bertz CT molecular complexity index is 857. The fourth-order valence-electron chi connectivity index (χ4n) is 4.31. The molecule has 24 heavy (non-hydrogen) atoms. The molecule has 1 heterocycles. The molecule has 4 rings (SSSR count). The zero-order valence-corrected chi connectivity index (χ0v) is 14.2. The molecule has 2 aromatic carbocycles. The van der Waals surface area contributed by atoms with Crippen molar-refractivity contribution < 1.29 is 0 Å². The van der Waals surface area contributed by atoms with Crippen LogP contribution in [0.25, 0.3) is 0 Å². The van der Waals surface area contributed by atoms with Crippen LogP contribution in [0.2, 0.25) is 0 Å². The zero-order valence-electron chi connectivity index (χ0n) is 14.2. The number of nitrogens with zero attached hydrogens (tertiary/aromatic N) is 1. The third kappa shape index (κ3) is 2.32. The van der Waals surface area contributed by atoms with Crippen LogP contribution in [0, 0.1) is 24.2 Å². The Morgan fingerprint density at radius 2 is 2.04 bits per heavy atom. The van der Waals surface area contributed by atoms with E-state index in [1.807, 2.05) is 6.07 Å². The number of hydrogen-bond acceptors (Lipinski definition) is 2. The van der Waals surface area contributed by atoms with Crippen molar-refractivity contribution in [2.45, 2.75) is 38.6 Å². The summed E-state index contributed by atoms with van der Waals surface area (Å²) < 4.78 is 0. The Kier molecular flexibility index (Phi) is 3.65. The van der Waals surface area contributed by atoms with Gasteiger partial charge >= 0.3 is 0 Å². The zero-order chi connectivity index (χ0) is 16.7. The third-order valence-electron chi connectivity index (χ3n) is 5.51. The number of anilines is 1. The van der Waals surface area contributed by atoms with Gasteiger partial charge in [-0.3, -0.25) is 0 Å². The van der Waals surface area contributed by atoms with E-state index >= 15 is 0 Å². The van der Waals surface area contributed by atoms with Crippen molar-refractivity contribution >= 4 is 5.69 Å². The summed E-state index contributed by atoms with van der Waals surface area (Å²) in [6, 6.07) is 15.5. The molecule has 1 aliphatic heterocycles. The van der Waals surface area contributed by atoms with Crippen LogP contribution in [0.15, 0.2) is 48.6 Å². The summed E-state index contributed by atoms with van der Waals surface area (Å²) >= 11 is 0. The average Bonchev–Trinajstić information content (AvgIpc) is 3.11. The molecule has 2 aromatic rings. The van der Waals surface area contributed by atoms with Crippen molar-refractivity contribution in [1.82, 2.24) is 0 Å². The fraction of sp³-hybridized carbons (Fsp3) is 0.318. The first-order valence-corrected chi connectivity index (χ1v) is 8.78. The minimum Gasteiger partial charge on any atom is -0.378 e. The van der Waals surface area contributed by atoms with Crippen LogP contribution in [-0.4, -0.2) is 0 Å². The minimum atomic E-state index is 0.308. The highest BCUT2D eigenvalue weighted by molar-refractivity contribution is 5.61. The molecule has 1 unspecified atom stereocenters. The molecule has 0 bridgehead atoms. The molecule has 0 amide bonds. The van der Waals surface area contributed by atoms with E-state index in [2.05, 4.69) is 67.7 Å². The van der Waals surface area contributed by atoms with Gasteiger partial charge in [-0.15, -0.1) is 0 Å². The lowest BCUT2D eigenvalue weighted by Crippen LogP contribution is -2.29. The number of allylic oxidation sites excluding steroid dienone is 2. The van der Waals surface area contributed by atoms with Crippen molar-refractivity contribution in [2.75, 3.05) is 5.32 Å². The SMILES string of the molecule is CCc1cc(C#N)ccc1C1Nc2ccc(C)cc2[C@@H]2C=CC[C@H]12. The quantitative estimate of drug-likeness (QED) is 0.768. The Labute approximate surface area is 143 Å². The first-order valence-electron chi connectivity index (χ1n) is 8.78. The van der Waals surface area contributed by atoms with Crippen molar-refractivity contribution in [1.29, 1.82) is 5.26 Å². The molecule has 0 aromatic heterocycles. The maximum atomic E-state index is 9.19. The lowest BCUT2D eigenvalue weighted by atomic mass is 9.75. The number of nitriles is 1. The second-order valence-corrected chi connectivity index (χ2v) is 6.95. The van der Waals surface area contributed by atoms with E-state index in [0.29, 0.717) is 17.9 Å². The summed E-state index contributed by atoms with van der Waals surface area (Å²) in [5.74, 6) is 1.05. The second-order valence-electron chi connectivity index (χ2n) is 6.95. The number of aryl methyl sites for hydroxylation is 2. The van der Waals surface area contributed by atoms with Crippen molar-refractivity contribution in [3.8, 4) is 6.07 Å². The lowest BCUT2D eigenvalue weighted by molar-refractivity contribution is 0.423. The van der Waals surface area contributed by atoms with Crippen LogP contribution >= 0.6 is 0 Å². The second kappa shape index (κ2) is 5.83. The summed E-state index contributed by atoms with van der Waals surface area (Å²) in [5, 5.41) is 13.0. The molecule has 2 aliphatic rings. The summed E-state index contributed by atoms with van der Waals surface area (Å²) in [6.07, 6.45) is 6.77. The Balaban J connectivity index is 1.80. The highest BCUT2D eigenvalue weighted by Gasteiger charge is 2.38. The van der Waals surface area contributed by atoms with E-state index < -0.39 is 0 Å². The average molecular weight is 314 g/mol.